The minimum absolute atomic E-state index is 0.628. The molecule has 4 heterocycles. The molecule has 6 aromatic rings. The first-order valence-corrected chi connectivity index (χ1v) is 17.1. The summed E-state index contributed by atoms with van der Waals surface area (Å²) in [7, 11) is 1.71. The van der Waals surface area contributed by atoms with Crippen LogP contribution in [0, 0.1) is 0 Å². The zero-order valence-corrected chi connectivity index (χ0v) is 26.9. The third-order valence-corrected chi connectivity index (χ3v) is 11.4. The fourth-order valence-corrected chi connectivity index (χ4v) is 8.68. The molecule has 0 saturated heterocycles. The average molecular weight is 631 g/mol. The highest BCUT2D eigenvalue weighted by atomic mass is 32.1. The van der Waals surface area contributed by atoms with E-state index < -0.39 is 0 Å². The van der Waals surface area contributed by atoms with E-state index in [1.165, 1.54) is 26.0 Å². The van der Waals surface area contributed by atoms with Crippen molar-refractivity contribution in [3.63, 3.8) is 0 Å². The minimum atomic E-state index is 0.628. The Morgan fingerprint density at radius 2 is 1.05 bits per heavy atom. The van der Waals surface area contributed by atoms with Gasteiger partial charge in [-0.25, -0.2) is 0 Å². The van der Waals surface area contributed by atoms with E-state index in [9.17, 15) is 4.79 Å². The summed E-state index contributed by atoms with van der Waals surface area (Å²) >= 11 is 6.65. The van der Waals surface area contributed by atoms with Gasteiger partial charge < -0.3 is 14.2 Å². The van der Waals surface area contributed by atoms with Gasteiger partial charge in [0.25, 0.3) is 0 Å². The molecule has 0 radical (unpaired) electrons. The molecule has 0 aliphatic carbocycles. The van der Waals surface area contributed by atoms with Crippen LogP contribution in [0.4, 0.5) is 0 Å². The van der Waals surface area contributed by atoms with E-state index in [0.29, 0.717) is 13.2 Å². The first-order valence-electron chi connectivity index (χ1n) is 13.9. The summed E-state index contributed by atoms with van der Waals surface area (Å²) in [6, 6.07) is 25.3. The van der Waals surface area contributed by atoms with Crippen molar-refractivity contribution >= 4 is 62.4 Å². The van der Waals surface area contributed by atoms with Crippen LogP contribution in [0.1, 0.15) is 36.4 Å². The second-order valence-corrected chi connectivity index (χ2v) is 14.0. The van der Waals surface area contributed by atoms with Crippen LogP contribution in [0.5, 0.6) is 16.6 Å². The minimum Gasteiger partial charge on any atom is -0.492 e. The Morgan fingerprint density at radius 1 is 0.571 bits per heavy atom. The maximum atomic E-state index is 11.2. The van der Waals surface area contributed by atoms with Gasteiger partial charge in [-0.05, 0) is 85.6 Å². The molecule has 0 bridgehead atoms. The number of ether oxygens (including phenoxy) is 3. The molecule has 42 heavy (non-hydrogen) atoms. The summed E-state index contributed by atoms with van der Waals surface area (Å²) in [4.78, 5) is 18.9. The molecule has 0 amide bonds. The van der Waals surface area contributed by atoms with Crippen molar-refractivity contribution < 1.29 is 19.0 Å². The quantitative estimate of drug-likeness (QED) is 0.126. The molecule has 2 aromatic carbocycles. The van der Waals surface area contributed by atoms with Gasteiger partial charge in [-0.15, -0.1) is 34.0 Å². The summed E-state index contributed by atoms with van der Waals surface area (Å²) in [5.41, 5.74) is 2.16. The first kappa shape index (κ1) is 28.7. The van der Waals surface area contributed by atoms with Crippen LogP contribution < -0.4 is 14.2 Å². The van der Waals surface area contributed by atoms with Crippen molar-refractivity contribution in [3.8, 4) is 57.0 Å². The van der Waals surface area contributed by atoms with E-state index in [2.05, 4.69) is 68.4 Å². The van der Waals surface area contributed by atoms with Gasteiger partial charge in [0.1, 0.15) is 11.5 Å². The van der Waals surface area contributed by atoms with Crippen molar-refractivity contribution in [2.75, 3.05) is 20.3 Å². The second-order valence-electron chi connectivity index (χ2n) is 9.65. The van der Waals surface area contributed by atoms with E-state index in [-0.39, 0.29) is 0 Å². The summed E-state index contributed by atoms with van der Waals surface area (Å²) in [5, 5.41) is 3.01. The lowest BCUT2D eigenvalue weighted by Gasteiger charge is -2.18. The number of carbonyl (C=O) groups is 1. The molecule has 0 N–H and O–H groups in total. The van der Waals surface area contributed by atoms with Crippen LogP contribution in [-0.4, -0.2) is 26.6 Å². The van der Waals surface area contributed by atoms with Crippen LogP contribution >= 0.6 is 45.3 Å². The molecule has 0 aliphatic heterocycles. The van der Waals surface area contributed by atoms with E-state index in [1.807, 2.05) is 18.2 Å². The predicted molar refractivity (Wildman–Crippen MR) is 181 cm³/mol. The maximum absolute atomic E-state index is 11.2. The zero-order chi connectivity index (χ0) is 29.1. The highest BCUT2D eigenvalue weighted by Gasteiger charge is 2.20. The van der Waals surface area contributed by atoms with Crippen molar-refractivity contribution in [1.29, 1.82) is 0 Å². The number of fused-ring (bicyclic) bond motifs is 1. The molecule has 0 fully saturated rings. The third-order valence-electron chi connectivity index (χ3n) is 6.76. The summed E-state index contributed by atoms with van der Waals surface area (Å²) in [6.45, 7) is 5.52. The van der Waals surface area contributed by atoms with Gasteiger partial charge in [0.2, 0.25) is 0 Å². The van der Waals surface area contributed by atoms with Crippen molar-refractivity contribution in [1.82, 2.24) is 0 Å². The standard InChI is InChI=1S/C34H30O4S4/c1-4-18-37-33-22-8-10-25(27-13-15-30(41-27)31-16-17-32(36-3)42-31)34(38-19-5-2)23(22)7-9-24(33)26-12-14-29(40-26)28-11-6-21(20-35)39-28/h6-17,20H,4-5,18-19H2,1-3H3. The van der Waals surface area contributed by atoms with Crippen LogP contribution in [0.25, 0.3) is 51.2 Å². The zero-order valence-electron chi connectivity index (χ0n) is 23.6. The van der Waals surface area contributed by atoms with Gasteiger partial charge >= 0.3 is 0 Å². The van der Waals surface area contributed by atoms with Gasteiger partial charge in [-0.1, -0.05) is 25.2 Å². The number of aldehydes is 1. The molecular formula is C34H30O4S4. The fraction of sp³-hybridized carbons (Fsp3) is 0.206. The predicted octanol–water partition coefficient (Wildman–Crippen LogP) is 11.2. The van der Waals surface area contributed by atoms with Gasteiger partial charge in [0.15, 0.2) is 11.3 Å². The Hall–Kier alpha value is -3.43. The molecule has 4 aromatic heterocycles. The number of carbonyl (C=O) groups excluding carboxylic acids is 1. The lowest BCUT2D eigenvalue weighted by Crippen LogP contribution is -2.01. The van der Waals surface area contributed by atoms with Gasteiger partial charge in [0.05, 0.1) is 25.2 Å². The molecule has 0 atom stereocenters. The van der Waals surface area contributed by atoms with E-state index in [0.717, 1.165) is 77.1 Å². The third kappa shape index (κ3) is 5.64. The van der Waals surface area contributed by atoms with Crippen molar-refractivity contribution in [3.05, 3.63) is 77.7 Å². The number of benzene rings is 2. The van der Waals surface area contributed by atoms with Crippen LogP contribution in [0.2, 0.25) is 0 Å². The second kappa shape index (κ2) is 12.8. The van der Waals surface area contributed by atoms with Crippen LogP contribution in [0.15, 0.2) is 72.8 Å². The Balaban J connectivity index is 1.45. The number of methoxy groups -OCH3 is 1. The van der Waals surface area contributed by atoms with Gasteiger partial charge in [-0.2, -0.15) is 0 Å². The number of thiophene rings is 4. The summed E-state index contributed by atoms with van der Waals surface area (Å²) < 4.78 is 18.4. The molecule has 8 heteroatoms. The van der Waals surface area contributed by atoms with Crippen LogP contribution in [0.3, 0.4) is 0 Å². The molecule has 0 aliphatic rings. The largest absolute Gasteiger partial charge is 0.492 e. The fourth-order valence-electron chi connectivity index (χ4n) is 4.80. The normalized spacial score (nSPS) is 11.2. The van der Waals surface area contributed by atoms with Crippen molar-refractivity contribution in [2.45, 2.75) is 26.7 Å². The highest BCUT2D eigenvalue weighted by Crippen LogP contribution is 2.48. The average Bonchev–Trinajstić information content (AvgIpc) is 3.84. The monoisotopic (exact) mass is 630 g/mol. The summed E-state index contributed by atoms with van der Waals surface area (Å²) in [5.74, 6) is 1.78. The Bertz CT molecular complexity index is 1840. The number of hydrogen-bond donors (Lipinski definition) is 0. The molecule has 0 unspecified atom stereocenters. The molecule has 6 rings (SSSR count). The Labute approximate surface area is 261 Å². The van der Waals surface area contributed by atoms with Crippen molar-refractivity contribution in [2.24, 2.45) is 0 Å². The van der Waals surface area contributed by atoms with Gasteiger partial charge in [-0.3, -0.25) is 4.79 Å². The maximum Gasteiger partial charge on any atom is 0.173 e. The van der Waals surface area contributed by atoms with Gasteiger partial charge in [0, 0.05) is 51.2 Å². The lowest BCUT2D eigenvalue weighted by molar-refractivity contribution is 0.112. The molecule has 0 spiro atoms. The SMILES string of the molecule is CCCOc1c(-c2ccc(-c3ccc(C=O)s3)s2)ccc2c(OCCC)c(-c3ccc(-c4ccc(OC)s4)s3)ccc12. The molecule has 214 valence electrons. The van der Waals surface area contributed by atoms with E-state index in [1.54, 1.807) is 41.1 Å². The van der Waals surface area contributed by atoms with E-state index in [4.69, 9.17) is 14.2 Å². The number of rotatable bonds is 12. The topological polar surface area (TPSA) is 44.8 Å². The molecular weight excluding hydrogens is 601 g/mol. The summed E-state index contributed by atoms with van der Waals surface area (Å²) in [6.07, 6.45) is 2.74. The van der Waals surface area contributed by atoms with Crippen LogP contribution in [-0.2, 0) is 0 Å². The smallest absolute Gasteiger partial charge is 0.173 e. The highest BCUT2D eigenvalue weighted by molar-refractivity contribution is 7.25. The number of hydrogen-bond acceptors (Lipinski definition) is 8. The lowest BCUT2D eigenvalue weighted by atomic mass is 9.99. The Kier molecular flexibility index (Phi) is 8.76. The first-order chi connectivity index (χ1) is 20.6. The van der Waals surface area contributed by atoms with E-state index >= 15 is 0 Å². The molecule has 4 nitrogen and oxygen atoms in total. The molecule has 0 saturated carbocycles. The Morgan fingerprint density at radius 3 is 1.52 bits per heavy atom.